The van der Waals surface area contributed by atoms with Crippen molar-refractivity contribution in [1.82, 2.24) is 14.5 Å². The molecule has 1 aromatic carbocycles. The van der Waals surface area contributed by atoms with E-state index in [1.54, 1.807) is 10.6 Å². The van der Waals surface area contributed by atoms with Crippen LogP contribution < -0.4 is 5.56 Å². The predicted molar refractivity (Wildman–Crippen MR) is 153 cm³/mol. The van der Waals surface area contributed by atoms with Gasteiger partial charge >= 0.3 is 5.97 Å². The van der Waals surface area contributed by atoms with Crippen molar-refractivity contribution in [2.24, 2.45) is 0 Å². The number of cyclic esters (lactones) is 1. The molecule has 3 aromatic rings. The number of benzene rings is 1. The molecule has 4 heterocycles. The molecule has 2 atom stereocenters. The minimum atomic E-state index is -1.52. The Kier molecular flexibility index (Phi) is 9.07. The van der Waals surface area contributed by atoms with E-state index in [1.807, 2.05) is 41.7 Å². The minimum Gasteiger partial charge on any atom is -0.458 e. The van der Waals surface area contributed by atoms with Crippen molar-refractivity contribution in [2.45, 2.75) is 79.1 Å². The summed E-state index contributed by atoms with van der Waals surface area (Å²) in [5, 5.41) is 20.7. The molecule has 8 nitrogen and oxygen atoms in total. The second-order valence-corrected chi connectivity index (χ2v) is 10.1. The Morgan fingerprint density at radius 2 is 1.85 bits per heavy atom. The van der Waals surface area contributed by atoms with Gasteiger partial charge in [0.25, 0.3) is 5.56 Å². The van der Waals surface area contributed by atoms with Gasteiger partial charge in [-0.3, -0.25) is 4.79 Å². The Morgan fingerprint density at radius 1 is 1.12 bits per heavy atom. The van der Waals surface area contributed by atoms with Crippen molar-refractivity contribution < 1.29 is 24.1 Å². The van der Waals surface area contributed by atoms with Crippen LogP contribution in [0.1, 0.15) is 85.9 Å². The second kappa shape index (κ2) is 12.2. The molecular weight excluding hydrogens is 513 g/mol. The first-order valence-corrected chi connectivity index (χ1v) is 14.4. The molecule has 0 amide bonds. The number of aliphatic hydroxyl groups excluding tert-OH is 2. The molecule has 0 unspecified atom stereocenters. The molecule has 0 bridgehead atoms. The number of ether oxygens (including phenoxy) is 1. The van der Waals surface area contributed by atoms with Gasteiger partial charge in [0.1, 0.15) is 12.4 Å². The molecule has 0 fully saturated rings. The van der Waals surface area contributed by atoms with Crippen molar-refractivity contribution >= 4 is 16.9 Å². The maximum absolute atomic E-state index is 14.9. The lowest BCUT2D eigenvalue weighted by atomic mass is 9.77. The Labute approximate surface area is 234 Å². The van der Waals surface area contributed by atoms with Crippen LogP contribution in [0.4, 0.5) is 4.39 Å². The summed E-state index contributed by atoms with van der Waals surface area (Å²) in [7, 11) is 1.98. The Balaban J connectivity index is 0.000000886. The molecule has 0 radical (unpaired) electrons. The summed E-state index contributed by atoms with van der Waals surface area (Å²) >= 11 is 0. The third-order valence-corrected chi connectivity index (χ3v) is 8.11. The first kappa shape index (κ1) is 29.8. The summed E-state index contributed by atoms with van der Waals surface area (Å²) < 4.78 is 21.5. The van der Waals surface area contributed by atoms with E-state index in [-0.39, 0.29) is 41.6 Å². The molecule has 0 spiro atoms. The van der Waals surface area contributed by atoms with Crippen LogP contribution in [0.2, 0.25) is 0 Å². The summed E-state index contributed by atoms with van der Waals surface area (Å²) in [5.74, 6) is -0.880. The molecule has 2 aliphatic heterocycles. The average molecular weight is 554 g/mol. The zero-order valence-corrected chi connectivity index (χ0v) is 24.3. The van der Waals surface area contributed by atoms with Gasteiger partial charge in [0.05, 0.1) is 35.6 Å². The molecule has 1 aliphatic carbocycles. The van der Waals surface area contributed by atoms with Crippen LogP contribution in [0.15, 0.2) is 16.9 Å². The van der Waals surface area contributed by atoms with Crippen LogP contribution in [0.25, 0.3) is 22.3 Å². The Bertz CT molecular complexity index is 1500. The van der Waals surface area contributed by atoms with Crippen molar-refractivity contribution in [3.05, 3.63) is 61.7 Å². The van der Waals surface area contributed by atoms with Crippen LogP contribution >= 0.6 is 0 Å². The molecule has 40 heavy (non-hydrogen) atoms. The maximum atomic E-state index is 14.9. The fraction of sp³-hybridized carbons (Fsp3) is 0.516. The smallest absolute Gasteiger partial charge is 0.340 e. The number of halogens is 1. The Hall–Kier alpha value is -3.14. The molecular formula is C31H40FN3O5. The lowest BCUT2D eigenvalue weighted by molar-refractivity contribution is -0.157. The molecule has 2 N–H and O–H groups in total. The van der Waals surface area contributed by atoms with Crippen LogP contribution in [-0.4, -0.2) is 57.4 Å². The van der Waals surface area contributed by atoms with E-state index in [4.69, 9.17) is 9.72 Å². The van der Waals surface area contributed by atoms with E-state index < -0.39 is 12.1 Å². The van der Waals surface area contributed by atoms with Crippen molar-refractivity contribution in [2.75, 3.05) is 26.7 Å². The number of carbonyl (C=O) groups excluding carboxylic acids is 1. The highest BCUT2D eigenvalue weighted by molar-refractivity contribution is 5.93. The summed E-state index contributed by atoms with van der Waals surface area (Å²) in [6.07, 6.45) is 0.963. The van der Waals surface area contributed by atoms with Gasteiger partial charge in [0, 0.05) is 29.1 Å². The topological polar surface area (TPSA) is 105 Å². The number of pyridine rings is 2. The van der Waals surface area contributed by atoms with Gasteiger partial charge in [-0.05, 0) is 68.5 Å². The lowest BCUT2D eigenvalue weighted by Gasteiger charge is -2.30. The predicted octanol–water partition coefficient (Wildman–Crippen LogP) is 4.36. The van der Waals surface area contributed by atoms with E-state index in [1.165, 1.54) is 6.07 Å². The van der Waals surface area contributed by atoms with Gasteiger partial charge in [-0.15, -0.1) is 0 Å². The van der Waals surface area contributed by atoms with Crippen LogP contribution in [-0.2, 0) is 29.1 Å². The second-order valence-electron chi connectivity index (χ2n) is 10.1. The third-order valence-electron chi connectivity index (χ3n) is 8.11. The highest BCUT2D eigenvalue weighted by Gasteiger charge is 2.37. The highest BCUT2D eigenvalue weighted by Crippen LogP contribution is 2.46. The number of carbonyl (C=O) groups is 1. The zero-order valence-electron chi connectivity index (χ0n) is 24.3. The molecule has 0 saturated carbocycles. The third kappa shape index (κ3) is 4.84. The van der Waals surface area contributed by atoms with Gasteiger partial charge in [-0.25, -0.2) is 14.2 Å². The van der Waals surface area contributed by atoms with Gasteiger partial charge in [0.15, 0.2) is 6.10 Å². The number of hydrogen-bond donors (Lipinski definition) is 2. The number of likely N-dealkylation sites (N-methyl/N-ethyl adjacent to an activating group) is 1. The molecule has 0 saturated heterocycles. The number of aromatic nitrogens is 2. The number of nitrogens with zero attached hydrogens (tertiary/aromatic N) is 3. The molecule has 3 aliphatic rings. The van der Waals surface area contributed by atoms with Gasteiger partial charge in [-0.1, -0.05) is 27.7 Å². The van der Waals surface area contributed by atoms with Crippen molar-refractivity contribution in [3.8, 4) is 11.4 Å². The molecule has 216 valence electrons. The van der Waals surface area contributed by atoms with Crippen molar-refractivity contribution in [3.63, 3.8) is 0 Å². The zero-order chi connectivity index (χ0) is 29.3. The monoisotopic (exact) mass is 553 g/mol. The highest BCUT2D eigenvalue weighted by atomic mass is 19.1. The molecule has 6 rings (SSSR count). The maximum Gasteiger partial charge on any atom is 0.340 e. The first-order chi connectivity index (χ1) is 19.3. The number of aryl methyl sites for hydroxylation is 1. The fourth-order valence-corrected chi connectivity index (χ4v) is 6.14. The summed E-state index contributed by atoms with van der Waals surface area (Å²) in [4.78, 5) is 32.3. The number of rotatable bonds is 5. The number of esters is 1. The van der Waals surface area contributed by atoms with Gasteiger partial charge in [0.2, 0.25) is 0 Å². The van der Waals surface area contributed by atoms with E-state index in [9.17, 15) is 24.2 Å². The number of hydrogen-bond acceptors (Lipinski definition) is 7. The van der Waals surface area contributed by atoms with Gasteiger partial charge < -0.3 is 24.4 Å². The summed E-state index contributed by atoms with van der Waals surface area (Å²) in [6, 6.07) is 3.14. The van der Waals surface area contributed by atoms with Crippen molar-refractivity contribution in [1.29, 1.82) is 0 Å². The van der Waals surface area contributed by atoms with Gasteiger partial charge in [-0.2, -0.15) is 0 Å². The van der Waals surface area contributed by atoms with E-state index in [0.29, 0.717) is 35.6 Å². The fourth-order valence-electron chi connectivity index (χ4n) is 6.14. The molecule has 9 heteroatoms. The minimum absolute atomic E-state index is 0.0956. The largest absolute Gasteiger partial charge is 0.458 e. The Morgan fingerprint density at radius 3 is 2.55 bits per heavy atom. The summed E-state index contributed by atoms with van der Waals surface area (Å²) in [6.45, 7) is 11.5. The van der Waals surface area contributed by atoms with Crippen LogP contribution in [0.5, 0.6) is 0 Å². The van der Waals surface area contributed by atoms with E-state index >= 15 is 0 Å². The normalized spacial score (nSPS) is 18.2. The quantitative estimate of drug-likeness (QED) is 0.354. The lowest BCUT2D eigenvalue weighted by Crippen LogP contribution is -2.32. The average Bonchev–Trinajstić information content (AvgIpc) is 3.34. The first-order valence-electron chi connectivity index (χ1n) is 14.4. The van der Waals surface area contributed by atoms with Crippen LogP contribution in [0.3, 0.4) is 0 Å². The molecule has 2 aromatic heterocycles. The van der Waals surface area contributed by atoms with E-state index in [2.05, 4.69) is 4.90 Å². The number of fused-ring (bicyclic) bond motifs is 5. The summed E-state index contributed by atoms with van der Waals surface area (Å²) in [5.41, 5.74) is 5.62. The van der Waals surface area contributed by atoms with E-state index in [0.717, 1.165) is 47.9 Å². The van der Waals surface area contributed by atoms with Crippen LogP contribution in [0, 0.1) is 12.7 Å². The SMILES string of the molecule is CC.CC.Cc1c(F)cc2nc3c(c4c2c1CC[C@H]4CCN(C)CCO)Cn1c-3cc2c(c1=O)COC(=O)[C@H]2O. The standard InChI is InChI=1S/C27H28FN3O5.2C2H6/c1-13-15-4-3-14(5-6-30(2)7-8-32)22-17-11-31-21(24(17)29-20(23(15)22)10-19(13)28)9-16-18(26(31)34)12-36-27(35)25(16)33;2*1-2/h9-10,14,25,32-33H,3-8,11-12H2,1-2H3;2*1-2H3/t14-,25-;;/m0../s1. The number of aliphatic hydroxyl groups is 2.